The molecule has 0 aliphatic carbocycles. The number of benzene rings is 2. The van der Waals surface area contributed by atoms with Crippen LogP contribution in [0.3, 0.4) is 0 Å². The van der Waals surface area contributed by atoms with Gasteiger partial charge >= 0.3 is 0 Å². The lowest BCUT2D eigenvalue weighted by Crippen LogP contribution is -2.29. The van der Waals surface area contributed by atoms with Crippen LogP contribution in [0.2, 0.25) is 0 Å². The summed E-state index contributed by atoms with van der Waals surface area (Å²) in [5, 5.41) is 13.9. The van der Waals surface area contributed by atoms with E-state index < -0.39 is 22.4 Å². The van der Waals surface area contributed by atoms with Crippen LogP contribution in [0.25, 0.3) is 11.3 Å². The van der Waals surface area contributed by atoms with Crippen LogP contribution >= 0.6 is 0 Å². The fraction of sp³-hybridized carbons (Fsp3) is 0.310. The number of nitrogens with one attached hydrogen (secondary N) is 2. The third-order valence-corrected chi connectivity index (χ3v) is 7.95. The lowest BCUT2D eigenvalue weighted by molar-refractivity contribution is 0.109. The third kappa shape index (κ3) is 5.81. The van der Waals surface area contributed by atoms with Gasteiger partial charge in [-0.1, -0.05) is 51.1 Å². The normalized spacial score (nSPS) is 18.9. The van der Waals surface area contributed by atoms with Gasteiger partial charge in [-0.25, -0.2) is 28.1 Å². The van der Waals surface area contributed by atoms with E-state index in [0.29, 0.717) is 22.6 Å². The number of rotatable bonds is 2. The van der Waals surface area contributed by atoms with Crippen molar-refractivity contribution in [2.24, 2.45) is 0 Å². The molecule has 0 amide bonds. The summed E-state index contributed by atoms with van der Waals surface area (Å²) < 4.78 is 35.5. The summed E-state index contributed by atoms with van der Waals surface area (Å²) in [7, 11) is -4.08. The Bertz CT molecular complexity index is 1630. The summed E-state index contributed by atoms with van der Waals surface area (Å²) in [6, 6.07) is 13.6. The molecule has 2 unspecified atom stereocenters. The predicted octanol–water partition coefficient (Wildman–Crippen LogP) is 4.36. The van der Waals surface area contributed by atoms with E-state index in [2.05, 4.69) is 30.0 Å². The van der Waals surface area contributed by atoms with Crippen molar-refractivity contribution in [3.63, 3.8) is 0 Å². The van der Waals surface area contributed by atoms with E-state index in [1.54, 1.807) is 30.6 Å². The van der Waals surface area contributed by atoms with Gasteiger partial charge in [-0.2, -0.15) is 4.98 Å². The van der Waals surface area contributed by atoms with Gasteiger partial charge in [0, 0.05) is 41.5 Å². The van der Waals surface area contributed by atoms with E-state index in [1.807, 2.05) is 52.8 Å². The second kappa shape index (κ2) is 10.6. The highest BCUT2D eigenvalue weighted by molar-refractivity contribution is 7.92. The number of hydrogen-bond donors (Lipinski definition) is 3. The lowest BCUT2D eigenvalue weighted by Gasteiger charge is -2.23. The fourth-order valence-electron chi connectivity index (χ4n) is 4.51. The molecule has 5 rings (SSSR count). The molecular formula is C29H32N6O4S. The SMILES string of the molecule is Cc1cccc(C)c1-c1cc2nc(n1)NS(=O)(=O)c1cccc(c1)C(O)NCC(c1cnc(C(C)(C)C)nc1)O2. The number of ether oxygens (including phenoxy) is 1. The zero-order valence-corrected chi connectivity index (χ0v) is 23.8. The minimum atomic E-state index is -4.08. The molecule has 0 saturated heterocycles. The van der Waals surface area contributed by atoms with Crippen LogP contribution in [0.1, 0.15) is 61.2 Å². The van der Waals surface area contributed by atoms with Crippen LogP contribution in [0.5, 0.6) is 5.88 Å². The van der Waals surface area contributed by atoms with Crippen molar-refractivity contribution in [2.75, 3.05) is 11.3 Å². The van der Waals surface area contributed by atoms with Crippen molar-refractivity contribution in [2.45, 2.75) is 57.3 Å². The summed E-state index contributed by atoms with van der Waals surface area (Å²) in [5.74, 6) is 0.700. The summed E-state index contributed by atoms with van der Waals surface area (Å²) in [5.41, 5.74) is 4.10. The first-order valence-electron chi connectivity index (χ1n) is 12.9. The molecule has 2 aromatic carbocycles. The Morgan fingerprint density at radius 2 is 1.62 bits per heavy atom. The van der Waals surface area contributed by atoms with E-state index in [-0.39, 0.29) is 28.7 Å². The third-order valence-electron chi connectivity index (χ3n) is 6.62. The van der Waals surface area contributed by atoms with Gasteiger partial charge in [0.1, 0.15) is 18.2 Å². The average molecular weight is 561 g/mol. The molecule has 2 atom stereocenters. The maximum Gasteiger partial charge on any atom is 0.264 e. The van der Waals surface area contributed by atoms with Crippen molar-refractivity contribution in [1.82, 2.24) is 25.3 Å². The maximum absolute atomic E-state index is 13.3. The smallest absolute Gasteiger partial charge is 0.264 e. The molecule has 3 heterocycles. The van der Waals surface area contributed by atoms with E-state index >= 15 is 0 Å². The Morgan fingerprint density at radius 1 is 0.950 bits per heavy atom. The van der Waals surface area contributed by atoms with Gasteiger partial charge in [-0.15, -0.1) is 0 Å². The molecule has 0 saturated carbocycles. The van der Waals surface area contributed by atoms with Gasteiger partial charge < -0.3 is 9.84 Å². The fourth-order valence-corrected chi connectivity index (χ4v) is 5.51. The Hall–Kier alpha value is -3.93. The Kier molecular flexibility index (Phi) is 7.30. The highest BCUT2D eigenvalue weighted by Gasteiger charge is 2.25. The highest BCUT2D eigenvalue weighted by atomic mass is 32.2. The topological polar surface area (TPSA) is 139 Å². The second-order valence-corrected chi connectivity index (χ2v) is 12.5. The average Bonchev–Trinajstić information content (AvgIpc) is 2.90. The van der Waals surface area contributed by atoms with Gasteiger partial charge in [-0.3, -0.25) is 5.32 Å². The number of fused-ring (bicyclic) bond motifs is 4. The minimum absolute atomic E-state index is 0.0311. The number of anilines is 1. The predicted molar refractivity (Wildman–Crippen MR) is 151 cm³/mol. The number of sulfonamides is 1. The van der Waals surface area contributed by atoms with Gasteiger partial charge in [0.25, 0.3) is 10.0 Å². The number of aliphatic hydroxyl groups excluding tert-OH is 1. The Morgan fingerprint density at radius 3 is 2.30 bits per heavy atom. The van der Waals surface area contributed by atoms with Gasteiger partial charge in [-0.05, 0) is 42.7 Å². The Balaban J connectivity index is 1.65. The van der Waals surface area contributed by atoms with Gasteiger partial charge in [0.2, 0.25) is 11.8 Å². The number of aryl methyl sites for hydroxylation is 2. The van der Waals surface area contributed by atoms with Crippen LogP contribution < -0.4 is 14.8 Å². The molecule has 0 spiro atoms. The van der Waals surface area contributed by atoms with Gasteiger partial charge in [0.15, 0.2) is 0 Å². The van der Waals surface area contributed by atoms with Crippen LogP contribution in [0.15, 0.2) is 65.8 Å². The van der Waals surface area contributed by atoms with Crippen LogP contribution in [-0.2, 0) is 15.4 Å². The van der Waals surface area contributed by atoms with Crippen molar-refractivity contribution in [3.05, 3.63) is 89.0 Å². The molecule has 208 valence electrons. The first-order chi connectivity index (χ1) is 18.9. The van der Waals surface area contributed by atoms with E-state index in [1.165, 1.54) is 12.1 Å². The maximum atomic E-state index is 13.3. The standard InChI is InChI=1S/C29H32N6O4S/c1-17-8-6-9-18(2)25(17)22-13-24-34-28(33-22)35-40(37,38)21-11-7-10-19(12-21)26(36)30-16-23(39-24)20-14-31-27(32-15-20)29(3,4)5/h6-15,23,26,30,36H,16H2,1-5H3,(H,33,34,35). The summed E-state index contributed by atoms with van der Waals surface area (Å²) in [6.45, 7) is 10.2. The molecule has 11 heteroatoms. The second-order valence-electron chi connectivity index (χ2n) is 10.9. The molecule has 40 heavy (non-hydrogen) atoms. The molecule has 4 bridgehead atoms. The first-order valence-corrected chi connectivity index (χ1v) is 14.4. The highest BCUT2D eigenvalue weighted by Crippen LogP contribution is 2.32. The molecule has 3 N–H and O–H groups in total. The zero-order valence-electron chi connectivity index (χ0n) is 23.0. The number of aromatic nitrogens is 4. The summed E-state index contributed by atoms with van der Waals surface area (Å²) in [6.07, 6.45) is 1.57. The summed E-state index contributed by atoms with van der Waals surface area (Å²) >= 11 is 0. The molecule has 0 fully saturated rings. The number of aliphatic hydroxyl groups is 1. The molecule has 1 aliphatic rings. The lowest BCUT2D eigenvalue weighted by atomic mass is 9.95. The van der Waals surface area contributed by atoms with Crippen LogP contribution in [0.4, 0.5) is 5.95 Å². The molecule has 1 aliphatic heterocycles. The van der Waals surface area contributed by atoms with Crippen molar-refractivity contribution in [1.29, 1.82) is 0 Å². The van der Waals surface area contributed by atoms with E-state index in [4.69, 9.17) is 4.74 Å². The quantitative estimate of drug-likeness (QED) is 0.326. The monoisotopic (exact) mass is 560 g/mol. The first kappa shape index (κ1) is 27.6. The molecular weight excluding hydrogens is 528 g/mol. The molecule has 0 radical (unpaired) electrons. The number of nitrogens with zero attached hydrogens (tertiary/aromatic N) is 4. The van der Waals surface area contributed by atoms with E-state index in [9.17, 15) is 13.5 Å². The summed E-state index contributed by atoms with van der Waals surface area (Å²) in [4.78, 5) is 18.0. The van der Waals surface area contributed by atoms with Crippen molar-refractivity contribution in [3.8, 4) is 17.1 Å². The van der Waals surface area contributed by atoms with Crippen molar-refractivity contribution >= 4 is 16.0 Å². The van der Waals surface area contributed by atoms with Crippen molar-refractivity contribution < 1.29 is 18.3 Å². The van der Waals surface area contributed by atoms with E-state index in [0.717, 1.165) is 16.7 Å². The molecule has 4 aromatic rings. The largest absolute Gasteiger partial charge is 0.468 e. The van der Waals surface area contributed by atoms with Crippen LogP contribution in [0, 0.1) is 13.8 Å². The molecule has 2 aromatic heterocycles. The van der Waals surface area contributed by atoms with Gasteiger partial charge in [0.05, 0.1) is 10.6 Å². The minimum Gasteiger partial charge on any atom is -0.468 e. The zero-order chi connectivity index (χ0) is 28.7. The number of hydrogen-bond acceptors (Lipinski definition) is 9. The van der Waals surface area contributed by atoms with Crippen LogP contribution in [-0.4, -0.2) is 40.0 Å². The Labute approximate surface area is 234 Å². The molecule has 10 nitrogen and oxygen atoms in total.